The van der Waals surface area contributed by atoms with Crippen molar-refractivity contribution in [2.24, 2.45) is 0 Å². The van der Waals surface area contributed by atoms with E-state index in [4.69, 9.17) is 8.83 Å². The first-order chi connectivity index (χ1) is 10.6. The number of nitrogens with one attached hydrogen (secondary N) is 1. The minimum Gasteiger partial charge on any atom is -0.467 e. The lowest BCUT2D eigenvalue weighted by Gasteiger charge is -2.11. The van der Waals surface area contributed by atoms with Gasteiger partial charge in [0.25, 0.3) is 0 Å². The number of para-hydroxylation sites is 2. The third-order valence-corrected chi connectivity index (χ3v) is 3.48. The van der Waals surface area contributed by atoms with E-state index in [-0.39, 0.29) is 24.9 Å². The van der Waals surface area contributed by atoms with Crippen LogP contribution in [0, 0.1) is 0 Å². The highest BCUT2D eigenvalue weighted by atomic mass is 16.4. The molecule has 1 atom stereocenters. The second-order valence-electron chi connectivity index (χ2n) is 5.04. The summed E-state index contributed by atoms with van der Waals surface area (Å²) in [6.07, 6.45) is 1.75. The number of benzene rings is 1. The minimum atomic E-state index is -0.451. The summed E-state index contributed by atoms with van der Waals surface area (Å²) in [5, 5.41) is 2.83. The van der Waals surface area contributed by atoms with Gasteiger partial charge < -0.3 is 14.2 Å². The molecule has 22 heavy (non-hydrogen) atoms. The van der Waals surface area contributed by atoms with Gasteiger partial charge in [-0.25, -0.2) is 4.79 Å². The Morgan fingerprint density at radius 2 is 2.09 bits per heavy atom. The van der Waals surface area contributed by atoms with Crippen molar-refractivity contribution in [2.45, 2.75) is 25.9 Å². The Morgan fingerprint density at radius 3 is 2.86 bits per heavy atom. The van der Waals surface area contributed by atoms with Gasteiger partial charge in [0.05, 0.1) is 17.8 Å². The van der Waals surface area contributed by atoms with E-state index in [1.165, 1.54) is 4.57 Å². The van der Waals surface area contributed by atoms with Crippen LogP contribution in [-0.4, -0.2) is 10.5 Å². The Balaban J connectivity index is 1.65. The normalized spacial score (nSPS) is 12.4. The van der Waals surface area contributed by atoms with E-state index < -0.39 is 5.76 Å². The number of furan rings is 1. The first kappa shape index (κ1) is 14.2. The van der Waals surface area contributed by atoms with Crippen LogP contribution < -0.4 is 11.1 Å². The number of aryl methyl sites for hydroxylation is 1. The molecule has 2 aromatic heterocycles. The largest absolute Gasteiger partial charge is 0.467 e. The zero-order chi connectivity index (χ0) is 15.5. The first-order valence-corrected chi connectivity index (χ1v) is 7.06. The van der Waals surface area contributed by atoms with Crippen LogP contribution in [0.3, 0.4) is 0 Å². The van der Waals surface area contributed by atoms with Gasteiger partial charge in [0, 0.05) is 13.0 Å². The van der Waals surface area contributed by atoms with Crippen LogP contribution in [0.1, 0.15) is 25.1 Å². The van der Waals surface area contributed by atoms with Crippen LogP contribution in [0.2, 0.25) is 0 Å². The minimum absolute atomic E-state index is 0.152. The predicted octanol–water partition coefficient (Wildman–Crippen LogP) is 2.46. The van der Waals surface area contributed by atoms with Crippen molar-refractivity contribution >= 4 is 17.0 Å². The van der Waals surface area contributed by atoms with Crippen molar-refractivity contribution in [1.82, 2.24) is 9.88 Å². The second-order valence-corrected chi connectivity index (χ2v) is 5.04. The maximum Gasteiger partial charge on any atom is 0.419 e. The SMILES string of the molecule is C[C@@H](NC(=O)CCn1c(=O)oc2ccccc21)c1ccco1. The fourth-order valence-electron chi connectivity index (χ4n) is 2.36. The van der Waals surface area contributed by atoms with E-state index in [2.05, 4.69) is 5.32 Å². The number of fused-ring (bicyclic) bond motifs is 1. The van der Waals surface area contributed by atoms with Crippen molar-refractivity contribution in [3.63, 3.8) is 0 Å². The number of hydrogen-bond donors (Lipinski definition) is 1. The van der Waals surface area contributed by atoms with E-state index in [0.717, 1.165) is 0 Å². The molecule has 0 fully saturated rings. The van der Waals surface area contributed by atoms with Crippen LogP contribution in [0.4, 0.5) is 0 Å². The lowest BCUT2D eigenvalue weighted by Crippen LogP contribution is -2.28. The van der Waals surface area contributed by atoms with Gasteiger partial charge in [0.15, 0.2) is 5.58 Å². The summed E-state index contributed by atoms with van der Waals surface area (Å²) >= 11 is 0. The Morgan fingerprint density at radius 1 is 1.27 bits per heavy atom. The summed E-state index contributed by atoms with van der Waals surface area (Å²) in [5.41, 5.74) is 1.22. The molecule has 3 rings (SSSR count). The molecule has 2 heterocycles. The number of amides is 1. The maximum atomic E-state index is 12.0. The molecule has 1 N–H and O–H groups in total. The van der Waals surface area contributed by atoms with E-state index in [0.29, 0.717) is 16.9 Å². The predicted molar refractivity (Wildman–Crippen MR) is 80.4 cm³/mol. The quantitative estimate of drug-likeness (QED) is 0.785. The fraction of sp³-hybridized carbons (Fsp3) is 0.250. The van der Waals surface area contributed by atoms with E-state index in [1.54, 1.807) is 36.6 Å². The zero-order valence-electron chi connectivity index (χ0n) is 12.1. The Kier molecular flexibility index (Phi) is 3.82. The molecule has 0 spiro atoms. The van der Waals surface area contributed by atoms with Crippen molar-refractivity contribution in [3.05, 3.63) is 59.0 Å². The lowest BCUT2D eigenvalue weighted by atomic mass is 10.2. The molecule has 1 aromatic carbocycles. The summed E-state index contributed by atoms with van der Waals surface area (Å²) in [7, 11) is 0. The molecule has 6 nitrogen and oxygen atoms in total. The number of rotatable bonds is 5. The Bertz CT molecular complexity index is 829. The molecule has 0 unspecified atom stereocenters. The molecule has 0 aliphatic carbocycles. The number of nitrogens with zero attached hydrogens (tertiary/aromatic N) is 1. The van der Waals surface area contributed by atoms with Gasteiger partial charge in [-0.1, -0.05) is 12.1 Å². The molecular formula is C16H16N2O4. The standard InChI is InChI=1S/C16H16N2O4/c1-11(13-7-4-10-21-13)17-15(19)8-9-18-12-5-2-3-6-14(12)22-16(18)20/h2-7,10-11H,8-9H2,1H3,(H,17,19)/t11-/m1/s1. The molecule has 0 saturated carbocycles. The number of hydrogen-bond acceptors (Lipinski definition) is 4. The van der Waals surface area contributed by atoms with Gasteiger partial charge >= 0.3 is 5.76 Å². The van der Waals surface area contributed by atoms with Crippen molar-refractivity contribution in [2.75, 3.05) is 0 Å². The molecule has 0 bridgehead atoms. The average molecular weight is 300 g/mol. The maximum absolute atomic E-state index is 12.0. The number of carbonyl (C=O) groups excluding carboxylic acids is 1. The summed E-state index contributed by atoms with van der Waals surface area (Å²) in [4.78, 5) is 23.8. The van der Waals surface area contributed by atoms with E-state index in [9.17, 15) is 9.59 Å². The fourth-order valence-corrected chi connectivity index (χ4v) is 2.36. The Labute approximate surface area is 126 Å². The van der Waals surface area contributed by atoms with Gasteiger partial charge in [-0.05, 0) is 31.2 Å². The molecule has 0 radical (unpaired) electrons. The highest BCUT2D eigenvalue weighted by Gasteiger charge is 2.14. The van der Waals surface area contributed by atoms with Crippen molar-refractivity contribution in [1.29, 1.82) is 0 Å². The topological polar surface area (TPSA) is 77.4 Å². The smallest absolute Gasteiger partial charge is 0.419 e. The monoisotopic (exact) mass is 300 g/mol. The van der Waals surface area contributed by atoms with E-state index in [1.807, 2.05) is 13.0 Å². The highest BCUT2D eigenvalue weighted by molar-refractivity contribution is 5.77. The summed E-state index contributed by atoms with van der Waals surface area (Å²) in [6.45, 7) is 2.11. The second kappa shape index (κ2) is 5.93. The Hall–Kier alpha value is -2.76. The molecular weight excluding hydrogens is 284 g/mol. The van der Waals surface area contributed by atoms with Gasteiger partial charge in [-0.2, -0.15) is 0 Å². The molecule has 1 amide bonds. The van der Waals surface area contributed by atoms with Gasteiger partial charge in [0.1, 0.15) is 5.76 Å². The van der Waals surface area contributed by atoms with Gasteiger partial charge in [-0.15, -0.1) is 0 Å². The molecule has 0 aliphatic rings. The van der Waals surface area contributed by atoms with Crippen LogP contribution in [0.5, 0.6) is 0 Å². The van der Waals surface area contributed by atoms with Crippen LogP contribution in [0.15, 0.2) is 56.3 Å². The zero-order valence-corrected chi connectivity index (χ0v) is 12.1. The number of aromatic nitrogens is 1. The van der Waals surface area contributed by atoms with Gasteiger partial charge in [0.2, 0.25) is 5.91 Å². The van der Waals surface area contributed by atoms with Crippen LogP contribution >= 0.6 is 0 Å². The summed E-state index contributed by atoms with van der Waals surface area (Å²) in [6, 6.07) is 10.5. The van der Waals surface area contributed by atoms with E-state index >= 15 is 0 Å². The highest BCUT2D eigenvalue weighted by Crippen LogP contribution is 2.14. The lowest BCUT2D eigenvalue weighted by molar-refractivity contribution is -0.122. The first-order valence-electron chi connectivity index (χ1n) is 7.06. The molecule has 114 valence electrons. The summed E-state index contributed by atoms with van der Waals surface area (Å²) in [5.74, 6) is 0.0912. The number of carbonyl (C=O) groups is 1. The van der Waals surface area contributed by atoms with Crippen LogP contribution in [-0.2, 0) is 11.3 Å². The molecule has 3 aromatic rings. The third-order valence-electron chi connectivity index (χ3n) is 3.48. The van der Waals surface area contributed by atoms with Crippen molar-refractivity contribution < 1.29 is 13.6 Å². The molecule has 0 aliphatic heterocycles. The van der Waals surface area contributed by atoms with Crippen LogP contribution in [0.25, 0.3) is 11.1 Å². The summed E-state index contributed by atoms with van der Waals surface area (Å²) < 4.78 is 11.8. The van der Waals surface area contributed by atoms with Gasteiger partial charge in [-0.3, -0.25) is 9.36 Å². The molecule has 6 heteroatoms. The number of oxazole rings is 1. The average Bonchev–Trinajstić information content (AvgIpc) is 3.12. The molecule has 0 saturated heterocycles. The third kappa shape index (κ3) is 2.81. The van der Waals surface area contributed by atoms with Crippen molar-refractivity contribution in [3.8, 4) is 0 Å².